The van der Waals surface area contributed by atoms with E-state index in [0.29, 0.717) is 22.7 Å². The highest BCUT2D eigenvalue weighted by atomic mass is 14.9. The van der Waals surface area contributed by atoms with Gasteiger partial charge in [0, 0.05) is 11.7 Å². The van der Waals surface area contributed by atoms with E-state index >= 15 is 0 Å². The Hall–Kier alpha value is -1.69. The standard InChI is InChI=1S/C14H19N3/c1-14(2)6-5-12(8-14)17-11-4-3-10(9-15)13(16)7-11/h3-4,7,12,17H,5-6,8,16H2,1-2H3. The number of rotatable bonds is 2. The van der Waals surface area contributed by atoms with Crippen LogP contribution < -0.4 is 11.1 Å². The van der Waals surface area contributed by atoms with E-state index in [4.69, 9.17) is 11.0 Å². The summed E-state index contributed by atoms with van der Waals surface area (Å²) in [7, 11) is 0. The van der Waals surface area contributed by atoms with Crippen molar-refractivity contribution in [1.82, 2.24) is 0 Å². The van der Waals surface area contributed by atoms with Gasteiger partial charge < -0.3 is 11.1 Å². The Labute approximate surface area is 103 Å². The monoisotopic (exact) mass is 229 g/mol. The number of anilines is 2. The van der Waals surface area contributed by atoms with E-state index in [-0.39, 0.29) is 0 Å². The average molecular weight is 229 g/mol. The van der Waals surface area contributed by atoms with Crippen molar-refractivity contribution in [3.05, 3.63) is 23.8 Å². The van der Waals surface area contributed by atoms with Crippen molar-refractivity contribution in [2.75, 3.05) is 11.1 Å². The maximum Gasteiger partial charge on any atom is 0.101 e. The molecule has 1 saturated carbocycles. The summed E-state index contributed by atoms with van der Waals surface area (Å²) in [5.41, 5.74) is 8.35. The summed E-state index contributed by atoms with van der Waals surface area (Å²) >= 11 is 0. The fourth-order valence-corrected chi connectivity index (χ4v) is 2.55. The Morgan fingerprint density at radius 2 is 2.24 bits per heavy atom. The Kier molecular flexibility index (Phi) is 2.97. The van der Waals surface area contributed by atoms with Crippen LogP contribution in [0.3, 0.4) is 0 Å². The molecule has 0 saturated heterocycles. The van der Waals surface area contributed by atoms with Gasteiger partial charge in [0.05, 0.1) is 11.3 Å². The highest BCUT2D eigenvalue weighted by Crippen LogP contribution is 2.38. The summed E-state index contributed by atoms with van der Waals surface area (Å²) < 4.78 is 0. The molecule has 1 aromatic carbocycles. The molecule has 3 nitrogen and oxygen atoms in total. The van der Waals surface area contributed by atoms with Crippen molar-refractivity contribution in [1.29, 1.82) is 5.26 Å². The molecule has 1 aliphatic carbocycles. The number of nitrogens with zero attached hydrogens (tertiary/aromatic N) is 1. The minimum atomic E-state index is 0.440. The maximum absolute atomic E-state index is 8.81. The molecule has 1 atom stereocenters. The number of nitriles is 1. The van der Waals surface area contributed by atoms with Crippen molar-refractivity contribution in [3.8, 4) is 6.07 Å². The lowest BCUT2D eigenvalue weighted by molar-refractivity contribution is 0.378. The van der Waals surface area contributed by atoms with Gasteiger partial charge in [0.2, 0.25) is 0 Å². The zero-order chi connectivity index (χ0) is 12.5. The molecule has 1 fully saturated rings. The summed E-state index contributed by atoms with van der Waals surface area (Å²) in [6.45, 7) is 4.61. The van der Waals surface area contributed by atoms with E-state index in [1.165, 1.54) is 19.3 Å². The summed E-state index contributed by atoms with van der Waals surface area (Å²) in [6, 6.07) is 8.16. The topological polar surface area (TPSA) is 61.8 Å². The molecule has 17 heavy (non-hydrogen) atoms. The van der Waals surface area contributed by atoms with Gasteiger partial charge in [0.25, 0.3) is 0 Å². The lowest BCUT2D eigenvalue weighted by atomic mass is 9.92. The second-order valence-electron chi connectivity index (χ2n) is 5.66. The molecular formula is C14H19N3. The third-order valence-corrected chi connectivity index (χ3v) is 3.51. The molecule has 1 unspecified atom stereocenters. The van der Waals surface area contributed by atoms with Crippen LogP contribution in [-0.4, -0.2) is 6.04 Å². The lowest BCUT2D eigenvalue weighted by Gasteiger charge is -2.18. The van der Waals surface area contributed by atoms with Gasteiger partial charge in [-0.3, -0.25) is 0 Å². The van der Waals surface area contributed by atoms with E-state index in [0.717, 1.165) is 5.69 Å². The molecule has 0 heterocycles. The average Bonchev–Trinajstić information content (AvgIpc) is 2.58. The first-order valence-electron chi connectivity index (χ1n) is 6.06. The molecule has 3 N–H and O–H groups in total. The van der Waals surface area contributed by atoms with Crippen LogP contribution in [-0.2, 0) is 0 Å². The van der Waals surface area contributed by atoms with Gasteiger partial charge in [-0.25, -0.2) is 0 Å². The van der Waals surface area contributed by atoms with E-state index in [9.17, 15) is 0 Å². The smallest absolute Gasteiger partial charge is 0.101 e. The lowest BCUT2D eigenvalue weighted by Crippen LogP contribution is -2.17. The van der Waals surface area contributed by atoms with Crippen molar-refractivity contribution < 1.29 is 0 Å². The van der Waals surface area contributed by atoms with Crippen LogP contribution in [0, 0.1) is 16.7 Å². The van der Waals surface area contributed by atoms with Crippen molar-refractivity contribution in [2.24, 2.45) is 5.41 Å². The van der Waals surface area contributed by atoms with Crippen molar-refractivity contribution >= 4 is 11.4 Å². The molecule has 0 aliphatic heterocycles. The summed E-state index contributed by atoms with van der Waals surface area (Å²) in [5, 5.41) is 12.3. The van der Waals surface area contributed by atoms with Crippen LogP contribution in [0.25, 0.3) is 0 Å². The van der Waals surface area contributed by atoms with Crippen LogP contribution in [0.2, 0.25) is 0 Å². The van der Waals surface area contributed by atoms with Gasteiger partial charge >= 0.3 is 0 Å². The Morgan fingerprint density at radius 3 is 2.76 bits per heavy atom. The molecule has 1 aliphatic rings. The first-order valence-corrected chi connectivity index (χ1v) is 6.06. The zero-order valence-electron chi connectivity index (χ0n) is 10.5. The molecule has 1 aromatic rings. The van der Waals surface area contributed by atoms with Crippen LogP contribution in [0.4, 0.5) is 11.4 Å². The predicted octanol–water partition coefficient (Wildman–Crippen LogP) is 3.13. The van der Waals surface area contributed by atoms with Crippen LogP contribution in [0.15, 0.2) is 18.2 Å². The molecule has 90 valence electrons. The molecule has 0 radical (unpaired) electrons. The van der Waals surface area contributed by atoms with Gasteiger partial charge in [0.1, 0.15) is 6.07 Å². The second-order valence-corrected chi connectivity index (χ2v) is 5.66. The summed E-state index contributed by atoms with van der Waals surface area (Å²) in [4.78, 5) is 0. The summed E-state index contributed by atoms with van der Waals surface area (Å²) in [6.07, 6.45) is 3.65. The quantitative estimate of drug-likeness (QED) is 0.766. The van der Waals surface area contributed by atoms with Crippen LogP contribution in [0.5, 0.6) is 0 Å². The number of hydrogen-bond acceptors (Lipinski definition) is 3. The molecule has 2 rings (SSSR count). The second kappa shape index (κ2) is 4.29. The Morgan fingerprint density at radius 1 is 1.47 bits per heavy atom. The van der Waals surface area contributed by atoms with E-state index in [2.05, 4.69) is 25.2 Å². The Bertz CT molecular complexity index is 457. The van der Waals surface area contributed by atoms with Gasteiger partial charge in [0.15, 0.2) is 0 Å². The predicted molar refractivity (Wildman–Crippen MR) is 70.6 cm³/mol. The highest BCUT2D eigenvalue weighted by Gasteiger charge is 2.30. The largest absolute Gasteiger partial charge is 0.398 e. The van der Waals surface area contributed by atoms with Crippen LogP contribution >= 0.6 is 0 Å². The van der Waals surface area contributed by atoms with Crippen molar-refractivity contribution in [3.63, 3.8) is 0 Å². The number of nitrogens with two attached hydrogens (primary N) is 1. The molecule has 0 aromatic heterocycles. The first-order chi connectivity index (χ1) is 8.00. The van der Waals surface area contributed by atoms with E-state index < -0.39 is 0 Å². The minimum Gasteiger partial charge on any atom is -0.398 e. The molecule has 0 spiro atoms. The summed E-state index contributed by atoms with van der Waals surface area (Å²) in [5.74, 6) is 0. The number of nitrogens with one attached hydrogen (secondary N) is 1. The third-order valence-electron chi connectivity index (χ3n) is 3.51. The van der Waals surface area contributed by atoms with Crippen LogP contribution in [0.1, 0.15) is 38.7 Å². The first kappa shape index (κ1) is 11.8. The number of nitrogen functional groups attached to an aromatic ring is 1. The fourth-order valence-electron chi connectivity index (χ4n) is 2.55. The van der Waals surface area contributed by atoms with E-state index in [1.807, 2.05) is 12.1 Å². The molecule has 0 amide bonds. The van der Waals surface area contributed by atoms with Gasteiger partial charge in [-0.2, -0.15) is 5.26 Å². The number of hydrogen-bond donors (Lipinski definition) is 2. The van der Waals surface area contributed by atoms with E-state index in [1.54, 1.807) is 6.07 Å². The van der Waals surface area contributed by atoms with Gasteiger partial charge in [-0.15, -0.1) is 0 Å². The zero-order valence-corrected chi connectivity index (χ0v) is 10.5. The van der Waals surface area contributed by atoms with Crippen molar-refractivity contribution in [2.45, 2.75) is 39.2 Å². The van der Waals surface area contributed by atoms with Gasteiger partial charge in [-0.05, 0) is 42.9 Å². The number of benzene rings is 1. The normalized spacial score (nSPS) is 22.1. The SMILES string of the molecule is CC1(C)CCC(Nc2ccc(C#N)c(N)c2)C1. The minimum absolute atomic E-state index is 0.440. The highest BCUT2D eigenvalue weighted by molar-refractivity contribution is 5.62. The third kappa shape index (κ3) is 2.71. The molecule has 3 heteroatoms. The Balaban J connectivity index is 2.06. The maximum atomic E-state index is 8.81. The molecule has 0 bridgehead atoms. The van der Waals surface area contributed by atoms with Gasteiger partial charge in [-0.1, -0.05) is 13.8 Å². The fraction of sp³-hybridized carbons (Fsp3) is 0.500. The molecular weight excluding hydrogens is 210 g/mol.